The molecule has 2 atom stereocenters. The maximum Gasteiger partial charge on any atom is 0.410 e. The van der Waals surface area contributed by atoms with Gasteiger partial charge in [0.05, 0.1) is 17.9 Å². The lowest BCUT2D eigenvalue weighted by molar-refractivity contribution is 0.0832. The second-order valence-electron chi connectivity index (χ2n) is 7.08. The van der Waals surface area contributed by atoms with Crippen molar-refractivity contribution in [2.75, 3.05) is 0 Å². The van der Waals surface area contributed by atoms with Gasteiger partial charge in [0, 0.05) is 12.2 Å². The van der Waals surface area contributed by atoms with Crippen molar-refractivity contribution in [3.63, 3.8) is 0 Å². The Kier molecular flexibility index (Phi) is 3.89. The molecule has 2 aromatic heterocycles. The van der Waals surface area contributed by atoms with Crippen molar-refractivity contribution < 1.29 is 9.53 Å². The average Bonchev–Trinajstić information content (AvgIpc) is 3.25. The van der Waals surface area contributed by atoms with Gasteiger partial charge in [-0.05, 0) is 42.5 Å². The first-order valence-corrected chi connectivity index (χ1v) is 9.28. The lowest BCUT2D eigenvalue weighted by Crippen LogP contribution is -2.43. The maximum atomic E-state index is 12.7. The van der Waals surface area contributed by atoms with Crippen LogP contribution in [0.4, 0.5) is 4.79 Å². The number of aromatic nitrogens is 3. The van der Waals surface area contributed by atoms with Crippen LogP contribution in [0.15, 0.2) is 60.9 Å². The van der Waals surface area contributed by atoms with Gasteiger partial charge in [-0.2, -0.15) is 5.10 Å². The number of hydrogen-bond acceptors (Lipinski definition) is 4. The zero-order valence-corrected chi connectivity index (χ0v) is 14.9. The summed E-state index contributed by atoms with van der Waals surface area (Å²) in [6.45, 7) is 0.309. The topological polar surface area (TPSA) is 59.7 Å². The van der Waals surface area contributed by atoms with Crippen molar-refractivity contribution in [3.8, 4) is 0 Å². The van der Waals surface area contributed by atoms with Gasteiger partial charge in [0.2, 0.25) is 0 Å². The standard InChI is InChI=1S/C21H20N4O2/c26-21(27-14-15-5-2-1-3-6-15)24-17-8-9-18(24)12-16(11-17)19-13-22-20-7-4-10-23-25(19)20/h1-7,10-11,13,17-18H,8-9,12,14H2. The zero-order valence-electron chi connectivity index (χ0n) is 14.9. The van der Waals surface area contributed by atoms with Crippen LogP contribution in [0.3, 0.4) is 0 Å². The molecule has 0 N–H and O–H groups in total. The van der Waals surface area contributed by atoms with E-state index in [1.807, 2.05) is 58.1 Å². The van der Waals surface area contributed by atoms with E-state index >= 15 is 0 Å². The molecule has 0 radical (unpaired) electrons. The fourth-order valence-corrected chi connectivity index (χ4v) is 4.15. The van der Waals surface area contributed by atoms with Crippen LogP contribution in [0, 0.1) is 0 Å². The number of carbonyl (C=O) groups excluding carboxylic acids is 1. The van der Waals surface area contributed by atoms with E-state index in [9.17, 15) is 4.79 Å². The van der Waals surface area contributed by atoms with E-state index in [1.165, 1.54) is 5.57 Å². The summed E-state index contributed by atoms with van der Waals surface area (Å²) in [5.41, 5.74) is 4.06. The van der Waals surface area contributed by atoms with Crippen LogP contribution in [0.5, 0.6) is 0 Å². The van der Waals surface area contributed by atoms with E-state index in [0.29, 0.717) is 6.61 Å². The third-order valence-corrected chi connectivity index (χ3v) is 5.42. The second kappa shape index (κ2) is 6.54. The number of benzene rings is 1. The van der Waals surface area contributed by atoms with Crippen molar-refractivity contribution in [2.24, 2.45) is 0 Å². The lowest BCUT2D eigenvalue weighted by Gasteiger charge is -2.33. The third kappa shape index (κ3) is 2.87. The van der Waals surface area contributed by atoms with Crippen LogP contribution in [0.1, 0.15) is 30.5 Å². The summed E-state index contributed by atoms with van der Waals surface area (Å²) in [5, 5.41) is 4.41. The summed E-state index contributed by atoms with van der Waals surface area (Å²) in [6, 6.07) is 13.9. The summed E-state index contributed by atoms with van der Waals surface area (Å²) in [6.07, 6.45) is 8.37. The van der Waals surface area contributed by atoms with Gasteiger partial charge < -0.3 is 4.74 Å². The smallest absolute Gasteiger partial charge is 0.410 e. The average molecular weight is 360 g/mol. The number of carbonyl (C=O) groups is 1. The quantitative estimate of drug-likeness (QED) is 0.715. The molecule has 136 valence electrons. The Bertz CT molecular complexity index is 1010. The fraction of sp³-hybridized carbons (Fsp3) is 0.286. The van der Waals surface area contributed by atoms with Gasteiger partial charge in [0.25, 0.3) is 0 Å². The molecule has 1 saturated heterocycles. The summed E-state index contributed by atoms with van der Waals surface area (Å²) in [5.74, 6) is 0. The Morgan fingerprint density at radius 1 is 1.15 bits per heavy atom. The highest BCUT2D eigenvalue weighted by atomic mass is 16.6. The highest BCUT2D eigenvalue weighted by Gasteiger charge is 2.41. The molecule has 1 fully saturated rings. The van der Waals surface area contributed by atoms with E-state index in [0.717, 1.165) is 36.2 Å². The van der Waals surface area contributed by atoms with E-state index in [4.69, 9.17) is 4.74 Å². The Morgan fingerprint density at radius 3 is 2.89 bits per heavy atom. The summed E-state index contributed by atoms with van der Waals surface area (Å²) in [7, 11) is 0. The van der Waals surface area contributed by atoms with Crippen LogP contribution in [0.2, 0.25) is 0 Å². The lowest BCUT2D eigenvalue weighted by atomic mass is 9.99. The first kappa shape index (κ1) is 16.1. The molecule has 6 heteroatoms. The molecule has 5 rings (SSSR count). The predicted molar refractivity (Wildman–Crippen MR) is 101 cm³/mol. The predicted octanol–water partition coefficient (Wildman–Crippen LogP) is 3.69. The van der Waals surface area contributed by atoms with Crippen molar-refractivity contribution >= 4 is 17.3 Å². The summed E-state index contributed by atoms with van der Waals surface area (Å²) < 4.78 is 7.44. The Hall–Kier alpha value is -3.15. The molecule has 4 heterocycles. The number of nitrogens with zero attached hydrogens (tertiary/aromatic N) is 4. The van der Waals surface area contributed by atoms with E-state index < -0.39 is 0 Å². The molecule has 2 aliphatic heterocycles. The molecule has 2 bridgehead atoms. The minimum atomic E-state index is -0.224. The zero-order chi connectivity index (χ0) is 18.2. The third-order valence-electron chi connectivity index (χ3n) is 5.42. The molecular formula is C21H20N4O2. The minimum absolute atomic E-state index is 0.0799. The van der Waals surface area contributed by atoms with Gasteiger partial charge in [-0.15, -0.1) is 0 Å². The van der Waals surface area contributed by atoms with Crippen molar-refractivity contribution in [2.45, 2.75) is 38.0 Å². The van der Waals surface area contributed by atoms with Gasteiger partial charge in [0.15, 0.2) is 5.65 Å². The number of imidazole rings is 1. The Balaban J connectivity index is 1.35. The molecule has 0 saturated carbocycles. The molecular weight excluding hydrogens is 340 g/mol. The molecule has 0 spiro atoms. The fourth-order valence-electron chi connectivity index (χ4n) is 4.15. The number of hydrogen-bond donors (Lipinski definition) is 0. The first-order valence-electron chi connectivity index (χ1n) is 9.28. The second-order valence-corrected chi connectivity index (χ2v) is 7.08. The number of amides is 1. The largest absolute Gasteiger partial charge is 0.445 e. The van der Waals surface area contributed by atoms with Gasteiger partial charge in [-0.25, -0.2) is 14.3 Å². The van der Waals surface area contributed by atoms with Gasteiger partial charge in [-0.1, -0.05) is 36.4 Å². The van der Waals surface area contributed by atoms with Crippen LogP contribution in [-0.4, -0.2) is 37.7 Å². The SMILES string of the molecule is O=C(OCc1ccccc1)N1C2C=C(c3cnc4cccnn34)CC1CC2. The molecule has 6 nitrogen and oxygen atoms in total. The van der Waals surface area contributed by atoms with Gasteiger partial charge in [0.1, 0.15) is 6.61 Å². The summed E-state index contributed by atoms with van der Waals surface area (Å²) >= 11 is 0. The van der Waals surface area contributed by atoms with Gasteiger partial charge >= 0.3 is 6.09 Å². The molecule has 1 aromatic carbocycles. The number of fused-ring (bicyclic) bond motifs is 3. The molecule has 0 aliphatic carbocycles. The molecule has 2 unspecified atom stereocenters. The van der Waals surface area contributed by atoms with Gasteiger partial charge in [-0.3, -0.25) is 4.90 Å². The summed E-state index contributed by atoms with van der Waals surface area (Å²) in [4.78, 5) is 19.0. The number of ether oxygens (including phenoxy) is 1. The first-order chi connectivity index (χ1) is 13.3. The van der Waals surface area contributed by atoms with Crippen LogP contribution in [-0.2, 0) is 11.3 Å². The van der Waals surface area contributed by atoms with Crippen LogP contribution < -0.4 is 0 Å². The molecule has 3 aromatic rings. The van der Waals surface area contributed by atoms with Crippen molar-refractivity contribution in [1.82, 2.24) is 19.5 Å². The Labute approximate surface area is 157 Å². The van der Waals surface area contributed by atoms with Crippen molar-refractivity contribution in [3.05, 3.63) is 72.2 Å². The Morgan fingerprint density at radius 2 is 2.04 bits per heavy atom. The normalized spacial score (nSPS) is 21.3. The monoisotopic (exact) mass is 360 g/mol. The number of rotatable bonds is 3. The highest BCUT2D eigenvalue weighted by Crippen LogP contribution is 2.38. The van der Waals surface area contributed by atoms with Crippen molar-refractivity contribution in [1.29, 1.82) is 0 Å². The molecule has 1 amide bonds. The highest BCUT2D eigenvalue weighted by molar-refractivity contribution is 5.74. The molecule has 2 aliphatic rings. The van der Waals surface area contributed by atoms with E-state index in [1.54, 1.807) is 6.20 Å². The maximum absolute atomic E-state index is 12.7. The van der Waals surface area contributed by atoms with E-state index in [2.05, 4.69) is 16.2 Å². The minimum Gasteiger partial charge on any atom is -0.445 e. The van der Waals surface area contributed by atoms with E-state index in [-0.39, 0.29) is 18.2 Å². The molecule has 27 heavy (non-hydrogen) atoms. The van der Waals surface area contributed by atoms with Crippen LogP contribution >= 0.6 is 0 Å². The van der Waals surface area contributed by atoms with Crippen LogP contribution in [0.25, 0.3) is 11.2 Å².